The number of anilines is 1. The van der Waals surface area contributed by atoms with Gasteiger partial charge in [0, 0.05) is 31.4 Å². The van der Waals surface area contributed by atoms with Crippen LogP contribution in [0.15, 0.2) is 18.2 Å². The Morgan fingerprint density at radius 2 is 2.05 bits per heavy atom. The number of aryl methyl sites for hydroxylation is 1. The Morgan fingerprint density at radius 3 is 2.85 bits per heavy atom. The lowest BCUT2D eigenvalue weighted by Gasteiger charge is -2.26. The summed E-state index contributed by atoms with van der Waals surface area (Å²) in [5.74, 6) is 0.106. The van der Waals surface area contributed by atoms with Crippen LogP contribution in [-0.2, 0) is 0 Å². The molecule has 4 heteroatoms. The highest BCUT2D eigenvalue weighted by atomic mass is 16.2. The van der Waals surface area contributed by atoms with Crippen molar-refractivity contribution in [2.24, 2.45) is 0 Å². The summed E-state index contributed by atoms with van der Waals surface area (Å²) in [5, 5.41) is 0. The van der Waals surface area contributed by atoms with Gasteiger partial charge in [0.05, 0.1) is 5.56 Å². The molecule has 4 nitrogen and oxygen atoms in total. The van der Waals surface area contributed by atoms with Crippen molar-refractivity contribution in [3.05, 3.63) is 29.3 Å². The fraction of sp³-hybridized carbons (Fsp3) is 0.562. The molecule has 2 saturated heterocycles. The maximum atomic E-state index is 12.8. The smallest absolute Gasteiger partial charge is 0.256 e. The van der Waals surface area contributed by atoms with Gasteiger partial charge in [-0.05, 0) is 44.4 Å². The van der Waals surface area contributed by atoms with Gasteiger partial charge in [-0.15, -0.1) is 0 Å². The summed E-state index contributed by atoms with van der Waals surface area (Å²) in [4.78, 5) is 17.4. The van der Waals surface area contributed by atoms with E-state index in [0.717, 1.165) is 31.6 Å². The average molecular weight is 273 g/mol. The fourth-order valence-electron chi connectivity index (χ4n) is 3.53. The number of nitrogens with zero attached hydrogens (tertiary/aromatic N) is 2. The van der Waals surface area contributed by atoms with Gasteiger partial charge in [-0.1, -0.05) is 12.1 Å². The number of benzene rings is 1. The van der Waals surface area contributed by atoms with Gasteiger partial charge in [0.2, 0.25) is 0 Å². The number of carbonyl (C=O) groups is 1. The molecule has 3 rings (SSSR count). The summed E-state index contributed by atoms with van der Waals surface area (Å²) in [6.07, 6.45) is 3.54. The minimum atomic E-state index is 0.106. The van der Waals surface area contributed by atoms with Gasteiger partial charge in [0.15, 0.2) is 0 Å². The van der Waals surface area contributed by atoms with Crippen LogP contribution in [0.1, 0.15) is 35.2 Å². The number of hydrogen-bond donors (Lipinski definition) is 1. The Bertz CT molecular complexity index is 494. The van der Waals surface area contributed by atoms with Crippen molar-refractivity contribution in [1.29, 1.82) is 0 Å². The summed E-state index contributed by atoms with van der Waals surface area (Å²) in [5.41, 5.74) is 8.28. The van der Waals surface area contributed by atoms with Crippen LogP contribution in [0.2, 0.25) is 0 Å². The highest BCUT2D eigenvalue weighted by Crippen LogP contribution is 2.24. The van der Waals surface area contributed by atoms with Gasteiger partial charge in [-0.25, -0.2) is 0 Å². The third-order valence-electron chi connectivity index (χ3n) is 4.61. The van der Waals surface area contributed by atoms with Crippen molar-refractivity contribution >= 4 is 11.6 Å². The first-order valence-electron chi connectivity index (χ1n) is 7.55. The van der Waals surface area contributed by atoms with Crippen LogP contribution in [0.4, 0.5) is 5.69 Å². The molecule has 0 spiro atoms. The highest BCUT2D eigenvalue weighted by molar-refractivity contribution is 6.00. The summed E-state index contributed by atoms with van der Waals surface area (Å²) in [6.45, 7) is 5.98. The van der Waals surface area contributed by atoms with Crippen molar-refractivity contribution in [1.82, 2.24) is 9.80 Å². The molecule has 1 aromatic carbocycles. The monoisotopic (exact) mass is 273 g/mol. The molecule has 20 heavy (non-hydrogen) atoms. The van der Waals surface area contributed by atoms with E-state index in [0.29, 0.717) is 17.3 Å². The number of hydrogen-bond acceptors (Lipinski definition) is 3. The lowest BCUT2D eigenvalue weighted by atomic mass is 10.0. The molecule has 2 N–H and O–H groups in total. The zero-order chi connectivity index (χ0) is 14.1. The van der Waals surface area contributed by atoms with Crippen molar-refractivity contribution < 1.29 is 4.79 Å². The molecule has 0 aliphatic carbocycles. The maximum Gasteiger partial charge on any atom is 0.256 e. The molecule has 1 aromatic rings. The standard InChI is InChI=1S/C16H23N3O/c1-12-5-2-7-14(17)15(12)16(20)19-10-4-9-18-8-3-6-13(18)11-19/h2,5,7,13H,3-4,6,8-11,17H2,1H3. The minimum absolute atomic E-state index is 0.106. The molecule has 1 atom stereocenters. The van der Waals surface area contributed by atoms with Crippen LogP contribution in [0.5, 0.6) is 0 Å². The predicted molar refractivity (Wildman–Crippen MR) is 80.7 cm³/mol. The van der Waals surface area contributed by atoms with Gasteiger partial charge in [-0.2, -0.15) is 0 Å². The van der Waals surface area contributed by atoms with Crippen LogP contribution in [0, 0.1) is 6.92 Å². The van der Waals surface area contributed by atoms with Crippen molar-refractivity contribution in [3.8, 4) is 0 Å². The lowest BCUT2D eigenvalue weighted by molar-refractivity contribution is 0.0744. The molecule has 2 aliphatic heterocycles. The molecule has 2 heterocycles. The van der Waals surface area contributed by atoms with Gasteiger partial charge in [0.1, 0.15) is 0 Å². The summed E-state index contributed by atoms with van der Waals surface area (Å²) >= 11 is 0. The van der Waals surface area contributed by atoms with E-state index in [1.165, 1.54) is 19.4 Å². The average Bonchev–Trinajstić information content (AvgIpc) is 2.75. The van der Waals surface area contributed by atoms with E-state index in [-0.39, 0.29) is 5.91 Å². The lowest BCUT2D eigenvalue weighted by Crippen LogP contribution is -2.40. The molecule has 0 aromatic heterocycles. The van der Waals surface area contributed by atoms with Crippen LogP contribution in [0.25, 0.3) is 0 Å². The fourth-order valence-corrected chi connectivity index (χ4v) is 3.53. The largest absolute Gasteiger partial charge is 0.398 e. The Morgan fingerprint density at radius 1 is 1.25 bits per heavy atom. The first kappa shape index (κ1) is 13.4. The van der Waals surface area contributed by atoms with E-state index >= 15 is 0 Å². The van der Waals surface area contributed by atoms with Crippen LogP contribution in [0.3, 0.4) is 0 Å². The molecule has 2 fully saturated rings. The number of amides is 1. The third-order valence-corrected chi connectivity index (χ3v) is 4.61. The zero-order valence-corrected chi connectivity index (χ0v) is 12.1. The number of nitrogen functional groups attached to an aromatic ring is 1. The minimum Gasteiger partial charge on any atom is -0.398 e. The normalized spacial score (nSPS) is 23.4. The van der Waals surface area contributed by atoms with E-state index < -0.39 is 0 Å². The molecule has 0 bridgehead atoms. The van der Waals surface area contributed by atoms with E-state index in [4.69, 9.17) is 5.73 Å². The van der Waals surface area contributed by atoms with E-state index in [1.54, 1.807) is 0 Å². The molecule has 1 amide bonds. The predicted octanol–water partition coefficient (Wildman–Crippen LogP) is 1.89. The molecule has 0 saturated carbocycles. The topological polar surface area (TPSA) is 49.6 Å². The second-order valence-corrected chi connectivity index (χ2v) is 5.98. The zero-order valence-electron chi connectivity index (χ0n) is 12.1. The Hall–Kier alpha value is -1.55. The molecule has 1 unspecified atom stereocenters. The number of rotatable bonds is 1. The van der Waals surface area contributed by atoms with Crippen LogP contribution < -0.4 is 5.73 Å². The van der Waals surface area contributed by atoms with E-state index in [9.17, 15) is 4.79 Å². The molecule has 108 valence electrons. The quantitative estimate of drug-likeness (QED) is 0.795. The second-order valence-electron chi connectivity index (χ2n) is 5.98. The van der Waals surface area contributed by atoms with Crippen molar-refractivity contribution in [2.45, 2.75) is 32.2 Å². The highest BCUT2D eigenvalue weighted by Gasteiger charge is 2.31. The van der Waals surface area contributed by atoms with Gasteiger partial charge in [-0.3, -0.25) is 9.69 Å². The number of nitrogens with two attached hydrogens (primary N) is 1. The summed E-state index contributed by atoms with van der Waals surface area (Å²) in [6, 6.07) is 6.23. The summed E-state index contributed by atoms with van der Waals surface area (Å²) in [7, 11) is 0. The Labute approximate surface area is 120 Å². The van der Waals surface area contributed by atoms with Gasteiger partial charge in [0.25, 0.3) is 5.91 Å². The van der Waals surface area contributed by atoms with Crippen LogP contribution in [-0.4, -0.2) is 47.9 Å². The molecular weight excluding hydrogens is 250 g/mol. The van der Waals surface area contributed by atoms with Crippen molar-refractivity contribution in [2.75, 3.05) is 31.9 Å². The second kappa shape index (κ2) is 5.44. The number of fused-ring (bicyclic) bond motifs is 1. The number of carbonyl (C=O) groups excluding carboxylic acids is 1. The van der Waals surface area contributed by atoms with E-state index in [1.807, 2.05) is 30.0 Å². The van der Waals surface area contributed by atoms with E-state index in [2.05, 4.69) is 4.90 Å². The van der Waals surface area contributed by atoms with Crippen molar-refractivity contribution in [3.63, 3.8) is 0 Å². The summed E-state index contributed by atoms with van der Waals surface area (Å²) < 4.78 is 0. The Kier molecular flexibility index (Phi) is 3.66. The SMILES string of the molecule is Cc1cccc(N)c1C(=O)N1CCCN2CCCC2C1. The first-order chi connectivity index (χ1) is 9.66. The Balaban J connectivity index is 1.83. The molecule has 0 radical (unpaired) electrons. The molecule has 2 aliphatic rings. The first-order valence-corrected chi connectivity index (χ1v) is 7.55. The van der Waals surface area contributed by atoms with Crippen LogP contribution >= 0.6 is 0 Å². The van der Waals surface area contributed by atoms with Gasteiger partial charge >= 0.3 is 0 Å². The van der Waals surface area contributed by atoms with Gasteiger partial charge < -0.3 is 10.6 Å². The third kappa shape index (κ3) is 2.40. The molecular formula is C16H23N3O. The maximum absolute atomic E-state index is 12.8.